The molecule has 0 spiro atoms. The van der Waals surface area contributed by atoms with E-state index in [1.807, 2.05) is 0 Å². The lowest BCUT2D eigenvalue weighted by Gasteiger charge is -2.17. The molecule has 1 atom stereocenters. The van der Waals surface area contributed by atoms with E-state index < -0.39 is 25.5 Å². The van der Waals surface area contributed by atoms with E-state index in [0.29, 0.717) is 4.73 Å². The molecule has 0 aliphatic heterocycles. The van der Waals surface area contributed by atoms with Gasteiger partial charge in [-0.15, -0.1) is 0 Å². The fourth-order valence-electron chi connectivity index (χ4n) is 2.08. The normalized spacial score (nSPS) is 14.7. The predicted molar refractivity (Wildman–Crippen MR) is 83.7 cm³/mol. The Kier molecular flexibility index (Phi) is 4.73. The summed E-state index contributed by atoms with van der Waals surface area (Å²) in [5.74, 6) is -0.717. The summed E-state index contributed by atoms with van der Waals surface area (Å²) < 4.78 is 55.9. The molecule has 9 heteroatoms. The van der Waals surface area contributed by atoms with E-state index in [9.17, 15) is 19.1 Å². The van der Waals surface area contributed by atoms with Gasteiger partial charge in [-0.05, 0) is 12.1 Å². The molecule has 0 saturated carbocycles. The number of aromatic nitrogens is 1. The fraction of sp³-hybridized carbons (Fsp3) is 0.267. The third kappa shape index (κ3) is 4.37. The Morgan fingerprint density at radius 3 is 2.58 bits per heavy atom. The molecule has 0 bridgehead atoms. The molecule has 130 valence electrons. The quantitative estimate of drug-likeness (QED) is 0.613. The van der Waals surface area contributed by atoms with Crippen LogP contribution in [-0.2, 0) is 6.42 Å². The molecule has 0 saturated heterocycles. The number of pyridine rings is 1. The van der Waals surface area contributed by atoms with Crippen molar-refractivity contribution in [1.82, 2.24) is 0 Å². The van der Waals surface area contributed by atoms with Gasteiger partial charge in [-0.25, -0.2) is 0 Å². The zero-order chi connectivity index (χ0) is 20.4. The first-order valence-corrected chi connectivity index (χ1v) is 7.24. The number of ether oxygens (including phenoxy) is 2. The zero-order valence-corrected chi connectivity index (χ0v) is 13.4. The Balaban J connectivity index is 2.35. The van der Waals surface area contributed by atoms with Crippen LogP contribution in [0.5, 0.6) is 11.5 Å². The molecule has 0 fully saturated rings. The van der Waals surface area contributed by atoms with Crippen molar-refractivity contribution in [3.63, 3.8) is 0 Å². The van der Waals surface area contributed by atoms with Crippen LogP contribution in [0.25, 0.3) is 0 Å². The molecular formula is C15H13Cl2F2NO4. The summed E-state index contributed by atoms with van der Waals surface area (Å²) in [5.41, 5.74) is 0.155. The van der Waals surface area contributed by atoms with Gasteiger partial charge in [0, 0.05) is 23.6 Å². The number of hydrogen-bond donors (Lipinski definition) is 1. The number of aliphatic hydroxyl groups is 1. The summed E-state index contributed by atoms with van der Waals surface area (Å²) in [6.45, 7) is -3.22. The molecule has 2 aromatic rings. The maximum atomic E-state index is 12.7. The Bertz CT molecular complexity index is 801. The van der Waals surface area contributed by atoms with Crippen molar-refractivity contribution in [3.05, 3.63) is 57.0 Å². The summed E-state index contributed by atoms with van der Waals surface area (Å²) in [5, 5.41) is 21.7. The second-order valence-electron chi connectivity index (χ2n) is 4.69. The van der Waals surface area contributed by atoms with Crippen molar-refractivity contribution >= 4 is 23.2 Å². The fourth-order valence-corrected chi connectivity index (χ4v) is 2.68. The molecule has 24 heavy (non-hydrogen) atoms. The monoisotopic (exact) mass is 382 g/mol. The number of alkyl halides is 2. The van der Waals surface area contributed by atoms with Crippen molar-refractivity contribution in [1.29, 1.82) is 0 Å². The van der Waals surface area contributed by atoms with Gasteiger partial charge in [-0.3, -0.25) is 0 Å². The van der Waals surface area contributed by atoms with E-state index in [4.69, 9.17) is 27.3 Å². The molecule has 1 aromatic heterocycles. The highest BCUT2D eigenvalue weighted by Gasteiger charge is 2.21. The van der Waals surface area contributed by atoms with E-state index in [1.165, 1.54) is 12.1 Å². The van der Waals surface area contributed by atoms with Gasteiger partial charge in [-0.2, -0.15) is 13.5 Å². The number of hydrogen-bond acceptors (Lipinski definition) is 4. The van der Waals surface area contributed by atoms with Crippen LogP contribution in [0.1, 0.15) is 21.3 Å². The second kappa shape index (κ2) is 7.83. The highest BCUT2D eigenvalue weighted by molar-refractivity contribution is 6.35. The first-order chi connectivity index (χ1) is 12.5. The Morgan fingerprint density at radius 2 is 2.00 bits per heavy atom. The summed E-state index contributed by atoms with van der Waals surface area (Å²) in [6, 6.07) is 3.29. The minimum Gasteiger partial charge on any atom is -0.619 e. The van der Waals surface area contributed by atoms with Gasteiger partial charge < -0.3 is 19.8 Å². The minimum absolute atomic E-state index is 0.0183. The lowest BCUT2D eigenvalue weighted by molar-refractivity contribution is -0.605. The highest BCUT2D eigenvalue weighted by Crippen LogP contribution is 2.34. The molecule has 0 radical (unpaired) electrons. The zero-order valence-electron chi connectivity index (χ0n) is 14.9. The highest BCUT2D eigenvalue weighted by atomic mass is 35.5. The van der Waals surface area contributed by atoms with Crippen LogP contribution in [0.2, 0.25) is 10.0 Å². The number of benzene rings is 1. The molecule has 1 heterocycles. The molecule has 1 aromatic carbocycles. The van der Waals surface area contributed by atoms with Crippen LogP contribution in [0.15, 0.2) is 30.6 Å². The van der Waals surface area contributed by atoms with Crippen molar-refractivity contribution in [2.24, 2.45) is 0 Å². The van der Waals surface area contributed by atoms with E-state index >= 15 is 0 Å². The topological polar surface area (TPSA) is 65.6 Å². The van der Waals surface area contributed by atoms with E-state index in [2.05, 4.69) is 9.47 Å². The summed E-state index contributed by atoms with van der Waals surface area (Å²) >= 11 is 11.9. The molecule has 0 amide bonds. The average Bonchev–Trinajstić information content (AvgIpc) is 2.48. The van der Waals surface area contributed by atoms with Crippen LogP contribution in [0.3, 0.4) is 0 Å². The van der Waals surface area contributed by atoms with Crippen molar-refractivity contribution < 1.29 is 32.2 Å². The minimum atomic E-state index is -3.22. The Morgan fingerprint density at radius 1 is 1.33 bits per heavy atom. The predicted octanol–water partition coefficient (Wildman–Crippen LogP) is 3.51. The third-order valence-corrected chi connectivity index (χ3v) is 3.78. The van der Waals surface area contributed by atoms with Gasteiger partial charge >= 0.3 is 6.61 Å². The standard InChI is InChI=1S/C15H13Cl2F2NO4/c1-23-8-2-3-9(14(4-8)24-15(18)19)13(21)5-10-11(16)6-20(22)7-12(10)17/h2-4,6-7,13,15,21H,5H2,1H3/t13-/m0/s1/i1D3. The van der Waals surface area contributed by atoms with E-state index in [0.717, 1.165) is 18.5 Å². The largest absolute Gasteiger partial charge is 0.619 e. The van der Waals surface area contributed by atoms with Crippen LogP contribution in [0.4, 0.5) is 8.78 Å². The first-order valence-electron chi connectivity index (χ1n) is 7.99. The molecule has 1 N–H and O–H groups in total. The number of nitrogens with zero attached hydrogens (tertiary/aromatic N) is 1. The summed E-state index contributed by atoms with van der Waals surface area (Å²) in [6.07, 6.45) is 0.453. The Labute approximate surface area is 150 Å². The molecule has 0 unspecified atom stereocenters. The SMILES string of the molecule is [2H]C([2H])([2H])Oc1ccc([C@@H](O)Cc2c(Cl)c[n+]([O-])cc2Cl)c(OC(F)F)c1. The van der Waals surface area contributed by atoms with Gasteiger partial charge in [-0.1, -0.05) is 23.2 Å². The molecule has 5 nitrogen and oxygen atoms in total. The summed E-state index contributed by atoms with van der Waals surface area (Å²) in [7, 11) is -2.79. The van der Waals surface area contributed by atoms with Crippen LogP contribution >= 0.6 is 23.2 Å². The number of halogens is 4. The average molecular weight is 383 g/mol. The van der Waals surface area contributed by atoms with E-state index in [-0.39, 0.29) is 33.3 Å². The lowest BCUT2D eigenvalue weighted by Crippen LogP contribution is -2.25. The molecule has 0 aliphatic rings. The molecule has 2 rings (SSSR count). The van der Waals surface area contributed by atoms with Gasteiger partial charge in [0.2, 0.25) is 0 Å². The molecule has 0 aliphatic carbocycles. The van der Waals surface area contributed by atoms with Crippen molar-refractivity contribution in [3.8, 4) is 11.5 Å². The number of methoxy groups -OCH3 is 1. The number of rotatable bonds is 6. The maximum Gasteiger partial charge on any atom is 0.387 e. The second-order valence-corrected chi connectivity index (χ2v) is 5.51. The number of aliphatic hydroxyl groups excluding tert-OH is 1. The summed E-state index contributed by atoms with van der Waals surface area (Å²) in [4.78, 5) is 0. The van der Waals surface area contributed by atoms with Gasteiger partial charge in [0.25, 0.3) is 0 Å². The molecular weight excluding hydrogens is 367 g/mol. The van der Waals surface area contributed by atoms with Crippen molar-refractivity contribution in [2.45, 2.75) is 19.1 Å². The first kappa shape index (κ1) is 14.5. The Hall–Kier alpha value is -1.83. The van der Waals surface area contributed by atoms with E-state index in [1.54, 1.807) is 0 Å². The van der Waals surface area contributed by atoms with Crippen LogP contribution in [0, 0.1) is 5.21 Å². The van der Waals surface area contributed by atoms with Crippen molar-refractivity contribution in [2.75, 3.05) is 7.04 Å². The third-order valence-electron chi connectivity index (χ3n) is 3.13. The smallest absolute Gasteiger partial charge is 0.387 e. The van der Waals surface area contributed by atoms with Crippen LogP contribution in [-0.4, -0.2) is 18.8 Å². The van der Waals surface area contributed by atoms with Gasteiger partial charge in [0.05, 0.1) is 17.3 Å². The maximum absolute atomic E-state index is 12.7. The lowest BCUT2D eigenvalue weighted by atomic mass is 10.0. The van der Waals surface area contributed by atoms with Gasteiger partial charge in [0.15, 0.2) is 12.4 Å². The van der Waals surface area contributed by atoms with Crippen LogP contribution < -0.4 is 14.2 Å². The van der Waals surface area contributed by atoms with Gasteiger partial charge in [0.1, 0.15) is 21.5 Å².